The van der Waals surface area contributed by atoms with Gasteiger partial charge >= 0.3 is 10.2 Å². The molecule has 0 spiro atoms. The first-order valence-corrected chi connectivity index (χ1v) is 7.07. The van der Waals surface area contributed by atoms with Crippen LogP contribution in [-0.4, -0.2) is 25.8 Å². The maximum Gasteiger partial charge on any atom is 0.301 e. The smallest absolute Gasteiger partial charge is 0.301 e. The molecule has 1 aromatic rings. The number of anilines is 2. The number of nitrogens with one attached hydrogen (secondary N) is 1. The Balaban J connectivity index is 2.17. The minimum absolute atomic E-state index is 0.559. The highest BCUT2D eigenvalue weighted by molar-refractivity contribution is 7.90. The first-order chi connectivity index (χ1) is 7.99. The summed E-state index contributed by atoms with van der Waals surface area (Å²) in [6.07, 6.45) is 1.86. The van der Waals surface area contributed by atoms with Gasteiger partial charge in [0.05, 0.1) is 5.69 Å². The number of rotatable bonds is 3. The second-order valence-electron chi connectivity index (χ2n) is 4.28. The topological polar surface area (TPSA) is 75.4 Å². The molecule has 0 saturated carbocycles. The molecule has 0 unspecified atom stereocenters. The van der Waals surface area contributed by atoms with Crippen LogP contribution in [0, 0.1) is 6.92 Å². The van der Waals surface area contributed by atoms with Crippen molar-refractivity contribution in [2.75, 3.05) is 23.5 Å². The zero-order valence-corrected chi connectivity index (χ0v) is 10.6. The highest BCUT2D eigenvalue weighted by Crippen LogP contribution is 2.20. The summed E-state index contributed by atoms with van der Waals surface area (Å²) in [5, 5.41) is 0. The molecule has 2 rings (SSSR count). The van der Waals surface area contributed by atoms with E-state index >= 15 is 0 Å². The molecule has 6 heteroatoms. The molecule has 5 nitrogen and oxygen atoms in total. The van der Waals surface area contributed by atoms with Crippen molar-refractivity contribution in [1.29, 1.82) is 0 Å². The Labute approximate surface area is 102 Å². The van der Waals surface area contributed by atoms with Gasteiger partial charge in [-0.2, -0.15) is 12.7 Å². The molecular weight excluding hydrogens is 238 g/mol. The fraction of sp³-hybridized carbons (Fsp3) is 0.455. The minimum Gasteiger partial charge on any atom is -0.399 e. The first kappa shape index (κ1) is 12.2. The van der Waals surface area contributed by atoms with Crippen LogP contribution in [0.5, 0.6) is 0 Å². The molecule has 3 N–H and O–H groups in total. The third kappa shape index (κ3) is 2.70. The van der Waals surface area contributed by atoms with E-state index in [1.165, 1.54) is 4.31 Å². The third-order valence-electron chi connectivity index (χ3n) is 2.92. The fourth-order valence-corrected chi connectivity index (χ4v) is 3.17. The number of hydrogen-bond acceptors (Lipinski definition) is 3. The molecule has 94 valence electrons. The van der Waals surface area contributed by atoms with E-state index in [2.05, 4.69) is 4.72 Å². The average Bonchev–Trinajstić information content (AvgIpc) is 2.77. The molecule has 1 heterocycles. The van der Waals surface area contributed by atoms with Crippen LogP contribution in [0.2, 0.25) is 0 Å². The molecule has 1 saturated heterocycles. The molecule has 0 radical (unpaired) electrons. The summed E-state index contributed by atoms with van der Waals surface area (Å²) in [6, 6.07) is 5.12. The van der Waals surface area contributed by atoms with Gasteiger partial charge < -0.3 is 5.73 Å². The van der Waals surface area contributed by atoms with Gasteiger partial charge in [-0.1, -0.05) is 0 Å². The van der Waals surface area contributed by atoms with Crippen LogP contribution in [0.15, 0.2) is 18.2 Å². The van der Waals surface area contributed by atoms with Crippen LogP contribution < -0.4 is 10.5 Å². The van der Waals surface area contributed by atoms with Gasteiger partial charge in [0.2, 0.25) is 0 Å². The summed E-state index contributed by atoms with van der Waals surface area (Å²) < 4.78 is 28.0. The molecule has 1 aromatic carbocycles. The lowest BCUT2D eigenvalue weighted by molar-refractivity contribution is 0.482. The summed E-state index contributed by atoms with van der Waals surface area (Å²) in [5.74, 6) is 0. The van der Waals surface area contributed by atoms with Crippen molar-refractivity contribution in [3.05, 3.63) is 23.8 Å². The highest BCUT2D eigenvalue weighted by Gasteiger charge is 2.24. The van der Waals surface area contributed by atoms with E-state index in [4.69, 9.17) is 5.73 Å². The van der Waals surface area contributed by atoms with Crippen molar-refractivity contribution >= 4 is 21.6 Å². The van der Waals surface area contributed by atoms with Crippen molar-refractivity contribution < 1.29 is 8.42 Å². The zero-order valence-electron chi connectivity index (χ0n) is 9.81. The van der Waals surface area contributed by atoms with Gasteiger partial charge in [-0.05, 0) is 43.5 Å². The van der Waals surface area contributed by atoms with Crippen molar-refractivity contribution in [2.45, 2.75) is 19.8 Å². The normalized spacial score (nSPS) is 17.2. The Hall–Kier alpha value is -1.27. The summed E-state index contributed by atoms with van der Waals surface area (Å²) in [6.45, 7) is 3.05. The summed E-state index contributed by atoms with van der Waals surface area (Å²) >= 11 is 0. The number of nitrogen functional groups attached to an aromatic ring is 1. The second-order valence-corrected chi connectivity index (χ2v) is 5.96. The fourth-order valence-electron chi connectivity index (χ4n) is 1.88. The SMILES string of the molecule is Cc1cc(NS(=O)(=O)N2CCCC2)ccc1N. The lowest BCUT2D eigenvalue weighted by Crippen LogP contribution is -2.33. The van der Waals surface area contributed by atoms with Gasteiger partial charge in [-0.3, -0.25) is 4.72 Å². The molecule has 0 atom stereocenters. The van der Waals surface area contributed by atoms with E-state index in [1.807, 2.05) is 6.92 Å². The molecule has 1 aliphatic rings. The summed E-state index contributed by atoms with van der Waals surface area (Å²) in [4.78, 5) is 0. The van der Waals surface area contributed by atoms with Gasteiger partial charge in [-0.15, -0.1) is 0 Å². The second kappa shape index (κ2) is 4.54. The van der Waals surface area contributed by atoms with Crippen molar-refractivity contribution in [3.8, 4) is 0 Å². The summed E-state index contributed by atoms with van der Waals surface area (Å²) in [5.41, 5.74) is 7.77. The predicted octanol–water partition coefficient (Wildman–Crippen LogP) is 1.33. The largest absolute Gasteiger partial charge is 0.399 e. The van der Waals surface area contributed by atoms with Gasteiger partial charge in [0.1, 0.15) is 0 Å². The Morgan fingerprint density at radius 1 is 1.29 bits per heavy atom. The Bertz CT molecular complexity index is 507. The zero-order chi connectivity index (χ0) is 12.5. The molecule has 0 aliphatic carbocycles. The van der Waals surface area contributed by atoms with Crippen LogP contribution in [0.3, 0.4) is 0 Å². The van der Waals surface area contributed by atoms with E-state index in [-0.39, 0.29) is 0 Å². The molecular formula is C11H17N3O2S. The van der Waals surface area contributed by atoms with E-state index < -0.39 is 10.2 Å². The third-order valence-corrected chi connectivity index (χ3v) is 4.46. The number of nitrogens with zero attached hydrogens (tertiary/aromatic N) is 1. The highest BCUT2D eigenvalue weighted by atomic mass is 32.2. The molecule has 17 heavy (non-hydrogen) atoms. The van der Waals surface area contributed by atoms with Crippen molar-refractivity contribution in [3.63, 3.8) is 0 Å². The van der Waals surface area contributed by atoms with E-state index in [9.17, 15) is 8.42 Å². The van der Waals surface area contributed by atoms with Gasteiger partial charge in [0.25, 0.3) is 0 Å². The Kier molecular flexibility index (Phi) is 3.26. The van der Waals surface area contributed by atoms with E-state index in [0.717, 1.165) is 18.4 Å². The Morgan fingerprint density at radius 2 is 1.94 bits per heavy atom. The number of aryl methyl sites for hydroxylation is 1. The quantitative estimate of drug-likeness (QED) is 0.800. The molecule has 0 amide bonds. The van der Waals surface area contributed by atoms with E-state index in [0.29, 0.717) is 24.5 Å². The lowest BCUT2D eigenvalue weighted by atomic mass is 10.2. The van der Waals surface area contributed by atoms with Gasteiger partial charge in [-0.25, -0.2) is 0 Å². The standard InChI is InChI=1S/C11H17N3O2S/c1-9-8-10(4-5-11(9)12)13-17(15,16)14-6-2-3-7-14/h4-5,8,13H,2-3,6-7,12H2,1H3. The number of hydrogen-bond donors (Lipinski definition) is 2. The van der Waals surface area contributed by atoms with Crippen molar-refractivity contribution in [2.24, 2.45) is 0 Å². The first-order valence-electron chi connectivity index (χ1n) is 5.63. The maximum atomic E-state index is 12.0. The van der Waals surface area contributed by atoms with Crippen molar-refractivity contribution in [1.82, 2.24) is 4.31 Å². The van der Waals surface area contributed by atoms with Gasteiger partial charge in [0.15, 0.2) is 0 Å². The lowest BCUT2D eigenvalue weighted by Gasteiger charge is -2.17. The van der Waals surface area contributed by atoms with Crippen LogP contribution in [-0.2, 0) is 10.2 Å². The predicted molar refractivity (Wildman–Crippen MR) is 68.9 cm³/mol. The molecule has 0 bridgehead atoms. The van der Waals surface area contributed by atoms with Crippen LogP contribution >= 0.6 is 0 Å². The van der Waals surface area contributed by atoms with Crippen LogP contribution in [0.1, 0.15) is 18.4 Å². The van der Waals surface area contributed by atoms with Crippen LogP contribution in [0.25, 0.3) is 0 Å². The minimum atomic E-state index is -3.40. The summed E-state index contributed by atoms with van der Waals surface area (Å²) in [7, 11) is -3.40. The molecule has 1 aliphatic heterocycles. The molecule has 0 aromatic heterocycles. The van der Waals surface area contributed by atoms with E-state index in [1.54, 1.807) is 18.2 Å². The number of benzene rings is 1. The Morgan fingerprint density at radius 3 is 2.53 bits per heavy atom. The number of nitrogens with two attached hydrogens (primary N) is 1. The monoisotopic (exact) mass is 255 g/mol. The molecule has 1 fully saturated rings. The average molecular weight is 255 g/mol. The maximum absolute atomic E-state index is 12.0. The van der Waals surface area contributed by atoms with Gasteiger partial charge in [0, 0.05) is 18.8 Å². The van der Waals surface area contributed by atoms with Crippen LogP contribution in [0.4, 0.5) is 11.4 Å².